The number of rotatable bonds is 3. The maximum Gasteiger partial charge on any atom is 0.138 e. The average Bonchev–Trinajstić information content (AvgIpc) is 3.64. The van der Waals surface area contributed by atoms with Crippen LogP contribution in [0.15, 0.2) is 164 Å². The third-order valence-electron chi connectivity index (χ3n) is 9.49. The molecule has 3 heteroatoms. The Morgan fingerprint density at radius 2 is 1.02 bits per heavy atom. The summed E-state index contributed by atoms with van der Waals surface area (Å²) < 4.78 is 4.71. The first kappa shape index (κ1) is 25.2. The van der Waals surface area contributed by atoms with E-state index < -0.39 is 0 Å². The Kier molecular flexibility index (Phi) is 5.28. The standard InChI is InChI=1S/C43H27N3/c1-2-13-30(14-3-1)45-38-20-10-7-17-33(38)36-26-29(23-24-40(36)45)35-27-42(44-37-19-9-6-16-32(35)37)46-39-21-11-8-18-34(39)43-31-15-5-4-12-28(31)22-25-41(43)46/h1-27H. The number of nitrogens with zero attached hydrogens (tertiary/aromatic N) is 3. The van der Waals surface area contributed by atoms with Crippen LogP contribution < -0.4 is 0 Å². The van der Waals surface area contributed by atoms with Crippen LogP contribution >= 0.6 is 0 Å². The minimum absolute atomic E-state index is 0.919. The highest BCUT2D eigenvalue weighted by molar-refractivity contribution is 6.21. The van der Waals surface area contributed by atoms with E-state index in [0.717, 1.165) is 33.4 Å². The molecule has 0 aliphatic heterocycles. The van der Waals surface area contributed by atoms with Crippen LogP contribution in [-0.2, 0) is 0 Å². The number of para-hydroxylation sites is 4. The van der Waals surface area contributed by atoms with E-state index in [1.165, 1.54) is 54.5 Å². The number of benzene rings is 7. The third-order valence-corrected chi connectivity index (χ3v) is 9.49. The largest absolute Gasteiger partial charge is 0.309 e. The van der Waals surface area contributed by atoms with E-state index in [4.69, 9.17) is 4.98 Å². The molecule has 0 radical (unpaired) electrons. The van der Waals surface area contributed by atoms with Gasteiger partial charge >= 0.3 is 0 Å². The van der Waals surface area contributed by atoms with Gasteiger partial charge < -0.3 is 4.57 Å². The summed E-state index contributed by atoms with van der Waals surface area (Å²) in [4.78, 5) is 5.30. The van der Waals surface area contributed by atoms with Crippen molar-refractivity contribution in [1.29, 1.82) is 0 Å². The van der Waals surface area contributed by atoms with Gasteiger partial charge in [0.2, 0.25) is 0 Å². The van der Waals surface area contributed by atoms with Crippen molar-refractivity contribution in [2.75, 3.05) is 0 Å². The smallest absolute Gasteiger partial charge is 0.138 e. The average molecular weight is 586 g/mol. The number of hydrogen-bond acceptors (Lipinski definition) is 1. The molecule has 0 fully saturated rings. The van der Waals surface area contributed by atoms with Crippen molar-refractivity contribution in [2.24, 2.45) is 0 Å². The van der Waals surface area contributed by atoms with Gasteiger partial charge in [-0.25, -0.2) is 4.98 Å². The normalized spacial score (nSPS) is 11.9. The molecule has 46 heavy (non-hydrogen) atoms. The Hall–Kier alpha value is -6.19. The van der Waals surface area contributed by atoms with Crippen LogP contribution in [0.1, 0.15) is 0 Å². The van der Waals surface area contributed by atoms with Gasteiger partial charge in [0.15, 0.2) is 0 Å². The zero-order chi connectivity index (χ0) is 30.2. The fourth-order valence-electron chi connectivity index (χ4n) is 7.50. The minimum atomic E-state index is 0.919. The van der Waals surface area contributed by atoms with Gasteiger partial charge in [0.1, 0.15) is 5.82 Å². The molecule has 0 bridgehead atoms. The van der Waals surface area contributed by atoms with Gasteiger partial charge in [0.25, 0.3) is 0 Å². The molecule has 0 N–H and O–H groups in total. The van der Waals surface area contributed by atoms with Crippen LogP contribution in [0.2, 0.25) is 0 Å². The predicted molar refractivity (Wildman–Crippen MR) is 193 cm³/mol. The van der Waals surface area contributed by atoms with E-state index >= 15 is 0 Å². The lowest BCUT2D eigenvalue weighted by atomic mass is 9.99. The highest BCUT2D eigenvalue weighted by Gasteiger charge is 2.18. The molecule has 3 nitrogen and oxygen atoms in total. The van der Waals surface area contributed by atoms with Gasteiger partial charge in [-0.05, 0) is 76.5 Å². The number of hydrogen-bond donors (Lipinski definition) is 0. The molecular weight excluding hydrogens is 558 g/mol. The van der Waals surface area contributed by atoms with Gasteiger partial charge in [-0.2, -0.15) is 0 Å². The van der Waals surface area contributed by atoms with Gasteiger partial charge in [0.05, 0.1) is 27.6 Å². The summed E-state index contributed by atoms with van der Waals surface area (Å²) in [7, 11) is 0. The predicted octanol–water partition coefficient (Wildman–Crippen LogP) is 11.2. The summed E-state index contributed by atoms with van der Waals surface area (Å²) in [5.74, 6) is 0.919. The van der Waals surface area contributed by atoms with E-state index in [-0.39, 0.29) is 0 Å². The van der Waals surface area contributed by atoms with Gasteiger partial charge in [0, 0.05) is 32.6 Å². The zero-order valence-electron chi connectivity index (χ0n) is 24.9. The number of pyridine rings is 1. The molecule has 0 aliphatic rings. The quantitative estimate of drug-likeness (QED) is 0.202. The Balaban J connectivity index is 1.27. The molecule has 0 atom stereocenters. The Labute approximate surface area is 265 Å². The molecule has 3 heterocycles. The first-order valence-electron chi connectivity index (χ1n) is 15.7. The monoisotopic (exact) mass is 585 g/mol. The molecule has 0 saturated heterocycles. The minimum Gasteiger partial charge on any atom is -0.309 e. The first-order chi connectivity index (χ1) is 22.8. The molecule has 7 aromatic carbocycles. The molecule has 214 valence electrons. The Morgan fingerprint density at radius 3 is 1.87 bits per heavy atom. The van der Waals surface area contributed by atoms with Crippen LogP contribution in [0.25, 0.3) is 87.9 Å². The van der Waals surface area contributed by atoms with E-state index in [1.54, 1.807) is 0 Å². The number of aromatic nitrogens is 3. The molecule has 10 rings (SSSR count). The van der Waals surface area contributed by atoms with Crippen molar-refractivity contribution in [3.8, 4) is 22.6 Å². The Bertz CT molecular complexity index is 2800. The molecule has 0 amide bonds. The summed E-state index contributed by atoms with van der Waals surface area (Å²) >= 11 is 0. The molecule has 0 spiro atoms. The first-order valence-corrected chi connectivity index (χ1v) is 15.7. The second-order valence-electron chi connectivity index (χ2n) is 12.0. The van der Waals surface area contributed by atoms with Crippen molar-refractivity contribution in [2.45, 2.75) is 0 Å². The second-order valence-corrected chi connectivity index (χ2v) is 12.0. The molecule has 0 saturated carbocycles. The lowest BCUT2D eigenvalue weighted by Crippen LogP contribution is -1.99. The second kappa shape index (κ2) is 9.65. The maximum absolute atomic E-state index is 5.30. The summed E-state index contributed by atoms with van der Waals surface area (Å²) in [5.41, 5.74) is 9.22. The molecular formula is C43H27N3. The highest BCUT2D eigenvalue weighted by Crippen LogP contribution is 2.40. The Morgan fingerprint density at radius 1 is 0.391 bits per heavy atom. The van der Waals surface area contributed by atoms with Crippen LogP contribution in [0.5, 0.6) is 0 Å². The summed E-state index contributed by atoms with van der Waals surface area (Å²) in [6.45, 7) is 0. The highest BCUT2D eigenvalue weighted by atomic mass is 15.1. The lowest BCUT2D eigenvalue weighted by molar-refractivity contribution is 1.10. The summed E-state index contributed by atoms with van der Waals surface area (Å²) in [6.07, 6.45) is 0. The van der Waals surface area contributed by atoms with Crippen molar-refractivity contribution >= 4 is 65.3 Å². The zero-order valence-corrected chi connectivity index (χ0v) is 24.9. The van der Waals surface area contributed by atoms with Crippen LogP contribution in [0, 0.1) is 0 Å². The molecule has 10 aromatic rings. The van der Waals surface area contributed by atoms with E-state index in [9.17, 15) is 0 Å². The van der Waals surface area contributed by atoms with Gasteiger partial charge in [-0.3, -0.25) is 4.57 Å². The fourth-order valence-corrected chi connectivity index (χ4v) is 7.50. The maximum atomic E-state index is 5.30. The van der Waals surface area contributed by atoms with Crippen molar-refractivity contribution in [3.63, 3.8) is 0 Å². The SMILES string of the molecule is c1ccc(-n2c3ccccc3c3cc(-c4cc(-n5c6ccccc6c6c7ccccc7ccc65)nc5ccccc45)ccc32)cc1. The lowest BCUT2D eigenvalue weighted by Gasteiger charge is -2.13. The van der Waals surface area contributed by atoms with Crippen LogP contribution in [-0.4, -0.2) is 14.1 Å². The topological polar surface area (TPSA) is 22.8 Å². The number of fused-ring (bicyclic) bond motifs is 9. The van der Waals surface area contributed by atoms with E-state index in [0.29, 0.717) is 0 Å². The molecule has 3 aromatic heterocycles. The van der Waals surface area contributed by atoms with Crippen molar-refractivity contribution in [1.82, 2.24) is 14.1 Å². The summed E-state index contributed by atoms with van der Waals surface area (Å²) in [5, 5.41) is 8.63. The molecule has 0 unspecified atom stereocenters. The van der Waals surface area contributed by atoms with Gasteiger partial charge in [-0.15, -0.1) is 0 Å². The van der Waals surface area contributed by atoms with Crippen LogP contribution in [0.4, 0.5) is 0 Å². The van der Waals surface area contributed by atoms with E-state index in [2.05, 4.69) is 173 Å². The van der Waals surface area contributed by atoms with E-state index in [1.807, 2.05) is 0 Å². The summed E-state index contributed by atoms with van der Waals surface area (Å²) in [6, 6.07) is 58.9. The van der Waals surface area contributed by atoms with Crippen molar-refractivity contribution < 1.29 is 0 Å². The van der Waals surface area contributed by atoms with Crippen LogP contribution in [0.3, 0.4) is 0 Å². The molecule has 0 aliphatic carbocycles. The van der Waals surface area contributed by atoms with Crippen molar-refractivity contribution in [3.05, 3.63) is 164 Å². The van der Waals surface area contributed by atoms with Gasteiger partial charge in [-0.1, -0.05) is 109 Å². The fraction of sp³-hybridized carbons (Fsp3) is 0. The third kappa shape index (κ3) is 3.57.